The molecule has 80 valence electrons. The standard InChI is InChI=1S/C11H13NO3/c1-11(6-14-7-11)8-15-10(13)9-4-2-3-5-12-9/h2-5H,6-8H2,1H3. The summed E-state index contributed by atoms with van der Waals surface area (Å²) in [6.45, 7) is 3.73. The third-order valence-electron chi connectivity index (χ3n) is 2.33. The molecule has 0 amide bonds. The number of carbonyl (C=O) groups excluding carboxylic acids is 1. The zero-order valence-electron chi connectivity index (χ0n) is 8.60. The predicted molar refractivity (Wildman–Crippen MR) is 53.4 cm³/mol. The number of pyridine rings is 1. The van der Waals surface area contributed by atoms with Gasteiger partial charge in [-0.05, 0) is 12.1 Å². The molecule has 0 saturated carbocycles. The van der Waals surface area contributed by atoms with Gasteiger partial charge in [0.2, 0.25) is 0 Å². The van der Waals surface area contributed by atoms with E-state index in [0.717, 1.165) is 0 Å². The summed E-state index contributed by atoms with van der Waals surface area (Å²) in [4.78, 5) is 15.4. The molecule has 1 aliphatic heterocycles. The Balaban J connectivity index is 1.88. The van der Waals surface area contributed by atoms with E-state index in [2.05, 4.69) is 4.98 Å². The normalized spacial score (nSPS) is 17.9. The van der Waals surface area contributed by atoms with Crippen molar-refractivity contribution in [2.24, 2.45) is 5.41 Å². The number of esters is 1. The van der Waals surface area contributed by atoms with Gasteiger partial charge in [0.05, 0.1) is 13.2 Å². The number of carbonyl (C=O) groups is 1. The third-order valence-corrected chi connectivity index (χ3v) is 2.33. The molecule has 0 N–H and O–H groups in total. The highest BCUT2D eigenvalue weighted by atomic mass is 16.5. The average Bonchev–Trinajstić information content (AvgIpc) is 2.24. The van der Waals surface area contributed by atoms with Crippen molar-refractivity contribution in [2.75, 3.05) is 19.8 Å². The van der Waals surface area contributed by atoms with Crippen LogP contribution in [0.1, 0.15) is 17.4 Å². The molecule has 1 aliphatic rings. The Labute approximate surface area is 88.2 Å². The lowest BCUT2D eigenvalue weighted by molar-refractivity contribution is -0.127. The Morgan fingerprint density at radius 1 is 1.60 bits per heavy atom. The Bertz CT molecular complexity index is 346. The molecule has 4 heteroatoms. The zero-order valence-corrected chi connectivity index (χ0v) is 8.60. The molecule has 0 aromatic carbocycles. The van der Waals surface area contributed by atoms with E-state index in [0.29, 0.717) is 25.5 Å². The van der Waals surface area contributed by atoms with E-state index < -0.39 is 0 Å². The number of hydrogen-bond donors (Lipinski definition) is 0. The van der Waals surface area contributed by atoms with Crippen LogP contribution < -0.4 is 0 Å². The summed E-state index contributed by atoms with van der Waals surface area (Å²) in [5.41, 5.74) is 0.339. The van der Waals surface area contributed by atoms with Crippen LogP contribution in [-0.4, -0.2) is 30.8 Å². The van der Waals surface area contributed by atoms with E-state index in [1.165, 1.54) is 0 Å². The van der Waals surface area contributed by atoms with Gasteiger partial charge in [-0.25, -0.2) is 9.78 Å². The van der Waals surface area contributed by atoms with Crippen molar-refractivity contribution < 1.29 is 14.3 Å². The van der Waals surface area contributed by atoms with Crippen LogP contribution in [0, 0.1) is 5.41 Å². The predicted octanol–water partition coefficient (Wildman–Crippen LogP) is 1.27. The molecule has 1 fully saturated rings. The Morgan fingerprint density at radius 2 is 2.40 bits per heavy atom. The monoisotopic (exact) mass is 207 g/mol. The van der Waals surface area contributed by atoms with Crippen LogP contribution >= 0.6 is 0 Å². The number of rotatable bonds is 3. The van der Waals surface area contributed by atoms with E-state index >= 15 is 0 Å². The second-order valence-corrected chi connectivity index (χ2v) is 4.09. The van der Waals surface area contributed by atoms with E-state index in [9.17, 15) is 4.79 Å². The topological polar surface area (TPSA) is 48.4 Å². The minimum absolute atomic E-state index is 0.00948. The summed E-state index contributed by atoms with van der Waals surface area (Å²) in [6, 6.07) is 5.16. The number of ether oxygens (including phenoxy) is 2. The van der Waals surface area contributed by atoms with Crippen LogP contribution in [0.3, 0.4) is 0 Å². The molecule has 0 bridgehead atoms. The molecule has 1 saturated heterocycles. The quantitative estimate of drug-likeness (QED) is 0.700. The van der Waals surface area contributed by atoms with Crippen molar-refractivity contribution >= 4 is 5.97 Å². The number of hydrogen-bond acceptors (Lipinski definition) is 4. The fourth-order valence-electron chi connectivity index (χ4n) is 1.33. The van der Waals surface area contributed by atoms with Gasteiger partial charge < -0.3 is 9.47 Å². The summed E-state index contributed by atoms with van der Waals surface area (Å²) in [5, 5.41) is 0. The molecule has 0 aliphatic carbocycles. The molecule has 1 aromatic heterocycles. The summed E-state index contributed by atoms with van der Waals surface area (Å²) >= 11 is 0. The molecule has 2 rings (SSSR count). The summed E-state index contributed by atoms with van der Waals surface area (Å²) < 4.78 is 10.2. The van der Waals surface area contributed by atoms with Crippen LogP contribution in [0.5, 0.6) is 0 Å². The van der Waals surface area contributed by atoms with Crippen molar-refractivity contribution in [3.8, 4) is 0 Å². The van der Waals surface area contributed by atoms with Gasteiger partial charge in [-0.2, -0.15) is 0 Å². The lowest BCUT2D eigenvalue weighted by Crippen LogP contribution is -2.44. The molecule has 0 unspecified atom stereocenters. The summed E-state index contributed by atoms with van der Waals surface area (Å²) in [7, 11) is 0. The van der Waals surface area contributed by atoms with Gasteiger partial charge >= 0.3 is 5.97 Å². The number of nitrogens with zero attached hydrogens (tertiary/aromatic N) is 1. The molecule has 2 heterocycles. The van der Waals surface area contributed by atoms with Gasteiger partial charge in [0, 0.05) is 11.6 Å². The van der Waals surface area contributed by atoms with Gasteiger partial charge in [0.25, 0.3) is 0 Å². The van der Waals surface area contributed by atoms with Gasteiger partial charge in [0.1, 0.15) is 12.3 Å². The molecular weight excluding hydrogens is 194 g/mol. The minimum Gasteiger partial charge on any atom is -0.460 e. The molecule has 0 radical (unpaired) electrons. The van der Waals surface area contributed by atoms with E-state index in [1.54, 1.807) is 24.4 Å². The fraction of sp³-hybridized carbons (Fsp3) is 0.455. The van der Waals surface area contributed by atoms with Gasteiger partial charge in [0.15, 0.2) is 0 Å². The first kappa shape index (κ1) is 10.1. The van der Waals surface area contributed by atoms with Crippen molar-refractivity contribution in [2.45, 2.75) is 6.92 Å². The Hall–Kier alpha value is -1.42. The van der Waals surface area contributed by atoms with Gasteiger partial charge in [-0.15, -0.1) is 0 Å². The zero-order chi connectivity index (χ0) is 10.7. The van der Waals surface area contributed by atoms with Crippen LogP contribution in [-0.2, 0) is 9.47 Å². The van der Waals surface area contributed by atoms with Crippen LogP contribution in [0.15, 0.2) is 24.4 Å². The molecule has 1 aromatic rings. The smallest absolute Gasteiger partial charge is 0.356 e. The lowest BCUT2D eigenvalue weighted by atomic mass is 9.90. The highest BCUT2D eigenvalue weighted by molar-refractivity contribution is 5.87. The molecule has 0 spiro atoms. The first-order valence-corrected chi connectivity index (χ1v) is 4.86. The second kappa shape index (κ2) is 3.98. The van der Waals surface area contributed by atoms with Gasteiger partial charge in [-0.3, -0.25) is 0 Å². The highest BCUT2D eigenvalue weighted by Gasteiger charge is 2.35. The van der Waals surface area contributed by atoms with Crippen LogP contribution in [0.25, 0.3) is 0 Å². The maximum atomic E-state index is 11.5. The number of aromatic nitrogens is 1. The van der Waals surface area contributed by atoms with Gasteiger partial charge in [-0.1, -0.05) is 13.0 Å². The first-order valence-electron chi connectivity index (χ1n) is 4.86. The Kier molecular flexibility index (Phi) is 2.68. The van der Waals surface area contributed by atoms with Crippen molar-refractivity contribution in [3.63, 3.8) is 0 Å². The molecule has 0 atom stereocenters. The molecular formula is C11H13NO3. The van der Waals surface area contributed by atoms with Crippen LogP contribution in [0.2, 0.25) is 0 Å². The summed E-state index contributed by atoms with van der Waals surface area (Å²) in [5.74, 6) is -0.372. The van der Waals surface area contributed by atoms with Crippen molar-refractivity contribution in [1.82, 2.24) is 4.98 Å². The first-order chi connectivity index (χ1) is 7.20. The molecule has 15 heavy (non-hydrogen) atoms. The lowest BCUT2D eigenvalue weighted by Gasteiger charge is -2.37. The van der Waals surface area contributed by atoms with E-state index in [4.69, 9.17) is 9.47 Å². The summed E-state index contributed by atoms with van der Waals surface area (Å²) in [6.07, 6.45) is 1.57. The van der Waals surface area contributed by atoms with E-state index in [-0.39, 0.29) is 11.4 Å². The third kappa shape index (κ3) is 2.33. The Morgan fingerprint density at radius 3 is 2.93 bits per heavy atom. The maximum absolute atomic E-state index is 11.5. The second-order valence-electron chi connectivity index (χ2n) is 4.09. The van der Waals surface area contributed by atoms with Crippen LogP contribution in [0.4, 0.5) is 0 Å². The van der Waals surface area contributed by atoms with E-state index in [1.807, 2.05) is 6.92 Å². The maximum Gasteiger partial charge on any atom is 0.356 e. The average molecular weight is 207 g/mol. The largest absolute Gasteiger partial charge is 0.460 e. The molecule has 4 nitrogen and oxygen atoms in total. The highest BCUT2D eigenvalue weighted by Crippen LogP contribution is 2.26. The minimum atomic E-state index is -0.372. The fourth-order valence-corrected chi connectivity index (χ4v) is 1.33. The van der Waals surface area contributed by atoms with Crippen molar-refractivity contribution in [3.05, 3.63) is 30.1 Å². The SMILES string of the molecule is CC1(COC(=O)c2ccccn2)COC1. The van der Waals surface area contributed by atoms with Crippen molar-refractivity contribution in [1.29, 1.82) is 0 Å².